The lowest BCUT2D eigenvalue weighted by Crippen LogP contribution is -2.43. The van der Waals surface area contributed by atoms with E-state index >= 15 is 0 Å². The number of aryl methyl sites for hydroxylation is 1. The molecule has 0 atom stereocenters. The van der Waals surface area contributed by atoms with Gasteiger partial charge in [-0.2, -0.15) is 0 Å². The summed E-state index contributed by atoms with van der Waals surface area (Å²) in [6.45, 7) is 2.75. The number of benzene rings is 1. The molecule has 0 unspecified atom stereocenters. The second kappa shape index (κ2) is 12.9. The third-order valence-electron chi connectivity index (χ3n) is 4.80. The van der Waals surface area contributed by atoms with Crippen molar-refractivity contribution in [2.75, 3.05) is 53.4 Å². The van der Waals surface area contributed by atoms with E-state index in [0.29, 0.717) is 0 Å². The lowest BCUT2D eigenvalue weighted by molar-refractivity contribution is -0.680. The van der Waals surface area contributed by atoms with Crippen LogP contribution in [0.4, 0.5) is 16.5 Å². The van der Waals surface area contributed by atoms with Gasteiger partial charge in [0.15, 0.2) is 0 Å². The minimum Gasteiger partial charge on any atom is -0.378 e. The average Bonchev–Trinajstić information content (AvgIpc) is 3.22. The Labute approximate surface area is 184 Å². The van der Waals surface area contributed by atoms with Crippen molar-refractivity contribution in [1.82, 2.24) is 5.32 Å². The molecule has 0 spiro atoms. The molecule has 0 aliphatic rings. The fourth-order valence-electron chi connectivity index (χ4n) is 2.95. The third-order valence-corrected chi connectivity index (χ3v) is 8.42. The minimum atomic E-state index is -2.45. The van der Waals surface area contributed by atoms with Crippen molar-refractivity contribution in [2.24, 2.45) is 10.2 Å². The molecular weight excluding hydrogens is 418 g/mol. The van der Waals surface area contributed by atoms with Crippen molar-refractivity contribution in [3.05, 3.63) is 35.8 Å². The van der Waals surface area contributed by atoms with Crippen LogP contribution < -0.4 is 14.8 Å². The summed E-state index contributed by atoms with van der Waals surface area (Å²) in [5.74, 6) is 0. The van der Waals surface area contributed by atoms with E-state index in [4.69, 9.17) is 13.3 Å². The number of rotatable bonds is 14. The zero-order chi connectivity index (χ0) is 21.8. The molecule has 8 nitrogen and oxygen atoms in total. The number of thiazole rings is 1. The number of hydrogen-bond acceptors (Lipinski definition) is 8. The summed E-state index contributed by atoms with van der Waals surface area (Å²) in [5, 5.41) is 15.2. The predicted octanol–water partition coefficient (Wildman–Crippen LogP) is 3.76. The molecule has 2 rings (SSSR count). The average molecular weight is 453 g/mol. The molecule has 1 aromatic heterocycles. The Morgan fingerprint density at radius 1 is 1.00 bits per heavy atom. The molecule has 0 aliphatic heterocycles. The molecule has 0 bridgehead atoms. The molecule has 1 heterocycles. The third kappa shape index (κ3) is 7.53. The number of nitrogens with zero attached hydrogens (tertiary/aromatic N) is 4. The van der Waals surface area contributed by atoms with Crippen molar-refractivity contribution in [3.63, 3.8) is 0 Å². The fourth-order valence-corrected chi connectivity index (χ4v) is 5.38. The summed E-state index contributed by atoms with van der Waals surface area (Å²) in [7, 11) is 6.55. The molecule has 0 saturated carbocycles. The molecule has 1 N–H and O–H groups in total. The zero-order valence-electron chi connectivity index (χ0n) is 18.6. The van der Waals surface area contributed by atoms with Crippen LogP contribution >= 0.6 is 11.3 Å². The Morgan fingerprint density at radius 3 is 2.30 bits per heavy atom. The highest BCUT2D eigenvalue weighted by molar-refractivity contribution is 7.12. The Kier molecular flexibility index (Phi) is 10.5. The van der Waals surface area contributed by atoms with Gasteiger partial charge in [0.1, 0.15) is 11.9 Å². The largest absolute Gasteiger partial charge is 0.500 e. The van der Waals surface area contributed by atoms with Gasteiger partial charge in [-0.05, 0) is 66.6 Å². The minimum absolute atomic E-state index is 0.808. The fraction of sp³-hybridized carbons (Fsp3) is 0.550. The van der Waals surface area contributed by atoms with Crippen LogP contribution in [0.3, 0.4) is 0 Å². The van der Waals surface area contributed by atoms with Crippen LogP contribution in [-0.4, -0.2) is 57.3 Å². The van der Waals surface area contributed by atoms with Crippen LogP contribution in [0.5, 0.6) is 0 Å². The molecule has 1 aromatic carbocycles. The highest BCUT2D eigenvalue weighted by Crippen LogP contribution is 2.21. The maximum Gasteiger partial charge on any atom is 0.500 e. The number of aromatic nitrogens is 1. The summed E-state index contributed by atoms with van der Waals surface area (Å²) in [6, 6.07) is 8.86. The van der Waals surface area contributed by atoms with Crippen molar-refractivity contribution < 1.29 is 17.8 Å². The van der Waals surface area contributed by atoms with E-state index < -0.39 is 8.80 Å². The predicted molar refractivity (Wildman–Crippen MR) is 123 cm³/mol. The molecule has 0 aliphatic carbocycles. The molecule has 0 fully saturated rings. The summed E-state index contributed by atoms with van der Waals surface area (Å²) in [4.78, 5) is 2.06. The molecule has 0 radical (unpaired) electrons. The quantitative estimate of drug-likeness (QED) is 0.204. The maximum atomic E-state index is 5.44. The first-order valence-corrected chi connectivity index (χ1v) is 12.9. The van der Waals surface area contributed by atoms with Gasteiger partial charge in [0, 0.05) is 52.5 Å². The van der Waals surface area contributed by atoms with Gasteiger partial charge in [-0.15, -0.1) is 0 Å². The molecule has 0 saturated heterocycles. The molecule has 2 aromatic rings. The van der Waals surface area contributed by atoms with Gasteiger partial charge in [0.05, 0.1) is 11.7 Å². The lowest BCUT2D eigenvalue weighted by Gasteiger charge is -2.24. The summed E-state index contributed by atoms with van der Waals surface area (Å²) >= 11 is 1.60. The van der Waals surface area contributed by atoms with Crippen LogP contribution in [0.2, 0.25) is 6.04 Å². The molecule has 30 heavy (non-hydrogen) atoms. The summed E-state index contributed by atoms with van der Waals surface area (Å²) < 4.78 is 18.5. The standard InChI is InChI=1S/C20H34N5O3SSi/c1-24(2)19-10-8-18(9-11-19)22-23-20-25(15-16-29-20)14-6-12-21-13-7-17-30(26-3,27-4)28-5/h8-11,15-16,21H,6-7,12-14,17H2,1-5H3/q+1. The zero-order valence-corrected chi connectivity index (χ0v) is 20.4. The van der Waals surface area contributed by atoms with Gasteiger partial charge < -0.3 is 23.5 Å². The van der Waals surface area contributed by atoms with Crippen LogP contribution in [0, 0.1) is 0 Å². The van der Waals surface area contributed by atoms with E-state index in [2.05, 4.69) is 31.2 Å². The smallest absolute Gasteiger partial charge is 0.378 e. The second-order valence-corrected chi connectivity index (χ2v) is 11.0. The highest BCUT2D eigenvalue weighted by Gasteiger charge is 2.36. The normalized spacial score (nSPS) is 12.0. The number of hydrogen-bond donors (Lipinski definition) is 1. The Balaban J connectivity index is 1.72. The monoisotopic (exact) mass is 452 g/mol. The lowest BCUT2D eigenvalue weighted by atomic mass is 10.3. The van der Waals surface area contributed by atoms with Gasteiger partial charge in [-0.3, -0.25) is 0 Å². The van der Waals surface area contributed by atoms with E-state index in [1.54, 1.807) is 32.7 Å². The van der Waals surface area contributed by atoms with E-state index in [9.17, 15) is 0 Å². The summed E-state index contributed by atoms with van der Waals surface area (Å²) in [5.41, 5.74) is 2.00. The number of azo groups is 1. The first-order chi connectivity index (χ1) is 14.5. The van der Waals surface area contributed by atoms with Crippen molar-refractivity contribution in [1.29, 1.82) is 0 Å². The van der Waals surface area contributed by atoms with Gasteiger partial charge in [0.2, 0.25) is 0 Å². The van der Waals surface area contributed by atoms with Crippen molar-refractivity contribution in [3.8, 4) is 0 Å². The second-order valence-electron chi connectivity index (χ2n) is 6.99. The van der Waals surface area contributed by atoms with E-state index in [1.165, 1.54) is 0 Å². The Bertz CT molecular complexity index is 758. The number of anilines is 1. The molecular formula is C20H34N5O3SSi+. The van der Waals surface area contributed by atoms with E-state index in [1.807, 2.05) is 43.7 Å². The van der Waals surface area contributed by atoms with Gasteiger partial charge in [-0.1, -0.05) is 0 Å². The summed E-state index contributed by atoms with van der Waals surface area (Å²) in [6.07, 6.45) is 4.03. The van der Waals surface area contributed by atoms with E-state index in [-0.39, 0.29) is 0 Å². The SMILES string of the molecule is CO[Si](CCCNCCC[n+]1ccsc1N=Nc1ccc(N(C)C)cc1)(OC)OC. The topological polar surface area (TPSA) is 71.6 Å². The highest BCUT2D eigenvalue weighted by atomic mass is 32.1. The maximum absolute atomic E-state index is 5.44. The first kappa shape index (κ1) is 24.6. The van der Waals surface area contributed by atoms with Gasteiger partial charge >= 0.3 is 13.9 Å². The van der Waals surface area contributed by atoms with E-state index in [0.717, 1.165) is 55.0 Å². The van der Waals surface area contributed by atoms with Gasteiger partial charge in [0.25, 0.3) is 0 Å². The van der Waals surface area contributed by atoms with Crippen LogP contribution in [0.1, 0.15) is 12.8 Å². The van der Waals surface area contributed by atoms with Gasteiger partial charge in [-0.25, -0.2) is 4.57 Å². The van der Waals surface area contributed by atoms with Crippen molar-refractivity contribution >= 4 is 36.6 Å². The Morgan fingerprint density at radius 2 is 1.67 bits per heavy atom. The van der Waals surface area contributed by atoms with Crippen LogP contribution in [-0.2, 0) is 19.8 Å². The van der Waals surface area contributed by atoms with Crippen LogP contribution in [0.25, 0.3) is 0 Å². The first-order valence-electron chi connectivity index (χ1n) is 10.1. The molecule has 166 valence electrons. The molecule has 10 heteroatoms. The van der Waals surface area contributed by atoms with Crippen molar-refractivity contribution in [2.45, 2.75) is 25.4 Å². The van der Waals surface area contributed by atoms with Crippen LogP contribution in [0.15, 0.2) is 46.1 Å². The number of nitrogens with one attached hydrogen (secondary N) is 1. The molecule has 0 amide bonds. The Hall–Kier alpha value is -1.69.